The summed E-state index contributed by atoms with van der Waals surface area (Å²) in [5.41, 5.74) is 6.55. The van der Waals surface area contributed by atoms with E-state index in [9.17, 15) is 8.42 Å². The predicted octanol–water partition coefficient (Wildman–Crippen LogP) is 4.99. The number of benzene rings is 3. The maximum absolute atomic E-state index is 13.1. The van der Waals surface area contributed by atoms with E-state index in [1.54, 1.807) is 12.1 Å². The minimum Gasteiger partial charge on any atom is -0.368 e. The second-order valence-corrected chi connectivity index (χ2v) is 11.5. The number of rotatable bonds is 10. The Labute approximate surface area is 225 Å². The Morgan fingerprint density at radius 1 is 0.789 bits per heavy atom. The lowest BCUT2D eigenvalue weighted by Crippen LogP contribution is -2.32. The lowest BCUT2D eigenvalue weighted by molar-refractivity contribution is 0.284. The molecule has 3 aromatic carbocycles. The molecule has 4 aromatic rings. The van der Waals surface area contributed by atoms with E-state index in [0.29, 0.717) is 42.3 Å². The maximum Gasteiger partial charge on any atom is 0.241 e. The fourth-order valence-electron chi connectivity index (χ4n) is 5.09. The average molecular weight is 535 g/mol. The van der Waals surface area contributed by atoms with Crippen molar-refractivity contribution >= 4 is 43.5 Å². The van der Waals surface area contributed by atoms with Crippen LogP contribution in [0.5, 0.6) is 0 Å². The molecule has 1 fully saturated rings. The minimum atomic E-state index is -3.57. The third-order valence-corrected chi connectivity index (χ3v) is 8.64. The number of fused-ring (bicyclic) bond motifs is 2. The van der Waals surface area contributed by atoms with Crippen LogP contribution < -0.4 is 21.1 Å². The number of hydrogen-bond donors (Lipinski definition) is 4. The quantitative estimate of drug-likeness (QED) is 0.226. The van der Waals surface area contributed by atoms with Crippen molar-refractivity contribution in [1.29, 1.82) is 0 Å². The monoisotopic (exact) mass is 534 g/mol. The number of para-hydroxylation sites is 1. The molecule has 8 nitrogen and oxygen atoms in total. The highest BCUT2D eigenvalue weighted by atomic mass is 32.2. The zero-order chi connectivity index (χ0) is 25.7. The zero-order valence-electron chi connectivity index (χ0n) is 20.9. The van der Waals surface area contributed by atoms with Gasteiger partial charge in [-0.25, -0.2) is 18.1 Å². The fraction of sp³-hybridized carbons (Fsp3) is 0.379. The molecule has 0 saturated heterocycles. The molecule has 1 aliphatic carbocycles. The van der Waals surface area contributed by atoms with Gasteiger partial charge in [-0.15, -0.1) is 0 Å². The highest BCUT2D eigenvalue weighted by molar-refractivity contribution is 7.89. The van der Waals surface area contributed by atoms with Gasteiger partial charge in [0.05, 0.1) is 10.4 Å². The largest absolute Gasteiger partial charge is 0.368 e. The summed E-state index contributed by atoms with van der Waals surface area (Å²) in [5.74, 6) is 2.25. The van der Waals surface area contributed by atoms with Crippen molar-refractivity contribution in [3.8, 4) is 0 Å². The third kappa shape index (κ3) is 6.40. The summed E-state index contributed by atoms with van der Waals surface area (Å²) in [4.78, 5) is 9.71. The van der Waals surface area contributed by atoms with E-state index in [0.717, 1.165) is 59.7 Å². The molecule has 9 heteroatoms. The van der Waals surface area contributed by atoms with Crippen molar-refractivity contribution in [2.24, 2.45) is 17.6 Å². The van der Waals surface area contributed by atoms with Crippen LogP contribution in [0, 0.1) is 11.8 Å². The number of nitrogens with two attached hydrogens (primary N) is 1. The molecule has 0 bridgehead atoms. The first-order valence-electron chi connectivity index (χ1n) is 13.0. The van der Waals surface area contributed by atoms with Gasteiger partial charge in [-0.3, -0.25) is 0 Å². The molecule has 1 aromatic heterocycles. The van der Waals surface area contributed by atoms with Gasteiger partial charge in [0.15, 0.2) is 0 Å². The van der Waals surface area contributed by atoms with Gasteiger partial charge in [-0.1, -0.05) is 56.0 Å². The van der Waals surface area contributed by atoms with Crippen LogP contribution >= 0.6 is 0 Å². The van der Waals surface area contributed by atoms with Crippen molar-refractivity contribution in [2.45, 2.75) is 38.0 Å². The molecule has 0 spiro atoms. The molecular formula is C29H38N6O2S. The van der Waals surface area contributed by atoms with Crippen molar-refractivity contribution in [3.63, 3.8) is 0 Å². The molecule has 1 aliphatic rings. The normalized spacial score (nSPS) is 17.7. The summed E-state index contributed by atoms with van der Waals surface area (Å²) >= 11 is 0. The Hall–Kier alpha value is -3.27. The molecule has 5 N–H and O–H groups in total. The molecule has 202 valence electrons. The lowest BCUT2D eigenvalue weighted by atomic mass is 9.82. The topological polar surface area (TPSA) is 122 Å². The Morgan fingerprint density at radius 3 is 2.21 bits per heavy atom. The van der Waals surface area contributed by atoms with Crippen molar-refractivity contribution in [1.82, 2.24) is 14.7 Å². The molecule has 5 rings (SSSR count). The highest BCUT2D eigenvalue weighted by Crippen LogP contribution is 2.30. The Kier molecular flexibility index (Phi) is 9.14. The van der Waals surface area contributed by atoms with Crippen LogP contribution in [-0.4, -0.2) is 44.6 Å². The summed E-state index contributed by atoms with van der Waals surface area (Å²) in [6, 6.07) is 20.9. The Morgan fingerprint density at radius 2 is 1.45 bits per heavy atom. The van der Waals surface area contributed by atoms with Crippen LogP contribution in [0.4, 0.5) is 11.8 Å². The summed E-state index contributed by atoms with van der Waals surface area (Å²) in [7, 11) is -3.57. The summed E-state index contributed by atoms with van der Waals surface area (Å²) in [5, 5.41) is 9.39. The zero-order valence-corrected chi connectivity index (χ0v) is 21.7. The first-order valence-corrected chi connectivity index (χ1v) is 14.4. The van der Waals surface area contributed by atoms with Gasteiger partial charge in [0.1, 0.15) is 5.82 Å². The predicted molar refractivity (Wildman–Crippen MR) is 157 cm³/mol. The van der Waals surface area contributed by atoms with Gasteiger partial charge in [-0.2, -0.15) is 4.98 Å². The minimum absolute atomic E-state index is 0. The van der Waals surface area contributed by atoms with Crippen LogP contribution in [-0.2, 0) is 10.0 Å². The number of sulfonamides is 1. The maximum atomic E-state index is 13.1. The van der Waals surface area contributed by atoms with Crippen LogP contribution in [0.15, 0.2) is 71.6 Å². The molecule has 0 radical (unpaired) electrons. The third-order valence-electron chi connectivity index (χ3n) is 7.16. The van der Waals surface area contributed by atoms with Crippen LogP contribution in [0.2, 0.25) is 0 Å². The standard InChI is InChI=1S/C28H34N6O2S.CH4/c29-16-17-30-27-24-9-3-4-10-25(24)33-28(34-27)31-18-20-12-14-21(15-13-20)19-32-37(35,36)26-11-5-7-22-6-1-2-8-23(22)26;/h1-11,20-21,32H,12-19,29H2,(H2,30,31,33,34);1H4. The van der Waals surface area contributed by atoms with Gasteiger partial charge in [-0.05, 0) is 61.1 Å². The second-order valence-electron chi connectivity index (χ2n) is 9.73. The van der Waals surface area contributed by atoms with Crippen LogP contribution in [0.25, 0.3) is 21.7 Å². The van der Waals surface area contributed by atoms with Gasteiger partial charge in [0.25, 0.3) is 0 Å². The number of aromatic nitrogens is 2. The lowest BCUT2D eigenvalue weighted by Gasteiger charge is -2.28. The number of anilines is 2. The molecule has 0 amide bonds. The van der Waals surface area contributed by atoms with Crippen molar-refractivity contribution < 1.29 is 8.42 Å². The first kappa shape index (κ1) is 27.8. The van der Waals surface area contributed by atoms with Crippen molar-refractivity contribution in [3.05, 3.63) is 66.7 Å². The van der Waals surface area contributed by atoms with Gasteiger partial charge < -0.3 is 16.4 Å². The van der Waals surface area contributed by atoms with Gasteiger partial charge in [0.2, 0.25) is 16.0 Å². The van der Waals surface area contributed by atoms with E-state index in [1.165, 1.54) is 0 Å². The number of nitrogens with zero attached hydrogens (tertiary/aromatic N) is 2. The molecule has 1 heterocycles. The van der Waals surface area contributed by atoms with Crippen molar-refractivity contribution in [2.75, 3.05) is 36.8 Å². The highest BCUT2D eigenvalue weighted by Gasteiger charge is 2.24. The van der Waals surface area contributed by atoms with E-state index >= 15 is 0 Å². The second kappa shape index (κ2) is 12.5. The van der Waals surface area contributed by atoms with Gasteiger partial charge in [0, 0.05) is 37.0 Å². The van der Waals surface area contributed by atoms with Gasteiger partial charge >= 0.3 is 0 Å². The first-order chi connectivity index (χ1) is 18.0. The molecule has 0 aliphatic heterocycles. The van der Waals surface area contributed by atoms with Crippen LogP contribution in [0.1, 0.15) is 33.1 Å². The SMILES string of the molecule is C.NCCNc1nc(NCC2CCC(CNS(=O)(=O)c3cccc4ccccc34)CC2)nc2ccccc12. The van der Waals surface area contributed by atoms with Crippen LogP contribution in [0.3, 0.4) is 0 Å². The Bertz CT molecular complexity index is 1460. The van der Waals surface area contributed by atoms with E-state index in [2.05, 4.69) is 25.3 Å². The smallest absolute Gasteiger partial charge is 0.241 e. The molecule has 0 atom stereocenters. The van der Waals surface area contributed by atoms with E-state index in [1.807, 2.05) is 54.6 Å². The molecular weight excluding hydrogens is 496 g/mol. The molecule has 1 saturated carbocycles. The Balaban J connectivity index is 0.00000336. The molecule has 38 heavy (non-hydrogen) atoms. The van der Waals surface area contributed by atoms with E-state index < -0.39 is 10.0 Å². The number of nitrogens with one attached hydrogen (secondary N) is 3. The summed E-state index contributed by atoms with van der Waals surface area (Å²) in [6.07, 6.45) is 4.07. The average Bonchev–Trinajstić information content (AvgIpc) is 2.94. The molecule has 0 unspecified atom stereocenters. The van der Waals surface area contributed by atoms with E-state index in [4.69, 9.17) is 5.73 Å². The van der Waals surface area contributed by atoms with E-state index in [-0.39, 0.29) is 7.43 Å². The fourth-order valence-corrected chi connectivity index (χ4v) is 6.44. The number of hydrogen-bond acceptors (Lipinski definition) is 7. The summed E-state index contributed by atoms with van der Waals surface area (Å²) in [6.45, 7) is 2.44. The summed E-state index contributed by atoms with van der Waals surface area (Å²) < 4.78 is 29.0.